The minimum atomic E-state index is 0.0386. The number of nitrogens with one attached hydrogen (secondary N) is 1. The van der Waals surface area contributed by atoms with Gasteiger partial charge in [-0.3, -0.25) is 9.69 Å². The minimum Gasteiger partial charge on any atom is -0.341 e. The smallest absolute Gasteiger partial charge is 0.289 e. The highest BCUT2D eigenvalue weighted by Crippen LogP contribution is 2.21. The molecule has 0 aliphatic carbocycles. The standard InChI is InChI=1S/C12H18N4O/c17-12(11-13-4-5-14-11)16-8-3-10(9-16)15-6-1-2-7-15/h4-5,10H,1-3,6-9H2,(H,13,14). The zero-order chi connectivity index (χ0) is 11.7. The van der Waals surface area contributed by atoms with Crippen molar-refractivity contribution in [2.24, 2.45) is 0 Å². The number of amides is 1. The Morgan fingerprint density at radius 2 is 2.18 bits per heavy atom. The summed E-state index contributed by atoms with van der Waals surface area (Å²) in [5.41, 5.74) is 0. The molecule has 3 rings (SSSR count). The van der Waals surface area contributed by atoms with Crippen molar-refractivity contribution in [1.82, 2.24) is 19.8 Å². The van der Waals surface area contributed by atoms with Crippen LogP contribution in [0, 0.1) is 0 Å². The van der Waals surface area contributed by atoms with Crippen molar-refractivity contribution in [3.05, 3.63) is 18.2 Å². The van der Waals surface area contributed by atoms with E-state index >= 15 is 0 Å². The Morgan fingerprint density at radius 1 is 1.35 bits per heavy atom. The highest BCUT2D eigenvalue weighted by Gasteiger charge is 2.32. The van der Waals surface area contributed by atoms with E-state index in [0.717, 1.165) is 19.5 Å². The van der Waals surface area contributed by atoms with Crippen molar-refractivity contribution in [2.75, 3.05) is 26.2 Å². The van der Waals surface area contributed by atoms with Gasteiger partial charge in [0, 0.05) is 31.5 Å². The van der Waals surface area contributed by atoms with E-state index in [0.29, 0.717) is 11.9 Å². The number of hydrogen-bond acceptors (Lipinski definition) is 3. The van der Waals surface area contributed by atoms with Crippen LogP contribution >= 0.6 is 0 Å². The van der Waals surface area contributed by atoms with Gasteiger partial charge < -0.3 is 9.88 Å². The van der Waals surface area contributed by atoms with Crippen molar-refractivity contribution in [3.63, 3.8) is 0 Å². The van der Waals surface area contributed by atoms with Crippen LogP contribution in [0.3, 0.4) is 0 Å². The summed E-state index contributed by atoms with van der Waals surface area (Å²) in [4.78, 5) is 23.4. The van der Waals surface area contributed by atoms with Gasteiger partial charge >= 0.3 is 0 Å². The highest BCUT2D eigenvalue weighted by atomic mass is 16.2. The van der Waals surface area contributed by atoms with E-state index in [9.17, 15) is 4.79 Å². The Bertz CT molecular complexity index is 383. The van der Waals surface area contributed by atoms with Gasteiger partial charge in [0.25, 0.3) is 5.91 Å². The summed E-state index contributed by atoms with van der Waals surface area (Å²) in [6.07, 6.45) is 7.04. The van der Waals surface area contributed by atoms with Crippen molar-refractivity contribution in [2.45, 2.75) is 25.3 Å². The Balaban J connectivity index is 1.62. The first kappa shape index (κ1) is 10.8. The Labute approximate surface area is 101 Å². The number of aromatic nitrogens is 2. The minimum absolute atomic E-state index is 0.0386. The third-order valence-corrected chi connectivity index (χ3v) is 3.81. The fraction of sp³-hybridized carbons (Fsp3) is 0.667. The average molecular weight is 234 g/mol. The summed E-state index contributed by atoms with van der Waals surface area (Å²) in [6, 6.07) is 0.566. The predicted octanol–water partition coefficient (Wildman–Crippen LogP) is 0.720. The number of hydrogen-bond donors (Lipinski definition) is 1. The number of rotatable bonds is 2. The first-order valence-corrected chi connectivity index (χ1v) is 6.37. The summed E-state index contributed by atoms with van der Waals surface area (Å²) >= 11 is 0. The third-order valence-electron chi connectivity index (χ3n) is 3.81. The molecule has 1 amide bonds. The van der Waals surface area contributed by atoms with Crippen molar-refractivity contribution < 1.29 is 4.79 Å². The molecule has 5 nitrogen and oxygen atoms in total. The van der Waals surface area contributed by atoms with Gasteiger partial charge in [0.05, 0.1) is 0 Å². The Morgan fingerprint density at radius 3 is 2.88 bits per heavy atom. The lowest BCUT2D eigenvalue weighted by Crippen LogP contribution is -2.37. The molecule has 5 heteroatoms. The zero-order valence-corrected chi connectivity index (χ0v) is 9.93. The molecule has 1 N–H and O–H groups in total. The van der Waals surface area contributed by atoms with Crippen LogP contribution in [0.1, 0.15) is 29.9 Å². The predicted molar refractivity (Wildman–Crippen MR) is 63.7 cm³/mol. The molecule has 1 atom stereocenters. The number of carbonyl (C=O) groups is 1. The van der Waals surface area contributed by atoms with Crippen molar-refractivity contribution >= 4 is 5.91 Å². The van der Waals surface area contributed by atoms with E-state index in [-0.39, 0.29) is 5.91 Å². The summed E-state index contributed by atoms with van der Waals surface area (Å²) in [5, 5.41) is 0. The van der Waals surface area contributed by atoms with E-state index in [1.54, 1.807) is 12.4 Å². The van der Waals surface area contributed by atoms with Crippen molar-refractivity contribution in [1.29, 1.82) is 0 Å². The molecule has 0 radical (unpaired) electrons. The number of likely N-dealkylation sites (tertiary alicyclic amines) is 2. The normalized spacial score (nSPS) is 25.6. The Kier molecular flexibility index (Phi) is 2.84. The van der Waals surface area contributed by atoms with Gasteiger partial charge in [0.1, 0.15) is 0 Å². The molecule has 2 fully saturated rings. The number of aromatic amines is 1. The van der Waals surface area contributed by atoms with Crippen LogP contribution in [0.15, 0.2) is 12.4 Å². The van der Waals surface area contributed by atoms with Crippen molar-refractivity contribution in [3.8, 4) is 0 Å². The van der Waals surface area contributed by atoms with Crippen LogP contribution in [0.4, 0.5) is 0 Å². The summed E-state index contributed by atoms with van der Waals surface area (Å²) in [5.74, 6) is 0.503. The lowest BCUT2D eigenvalue weighted by Gasteiger charge is -2.23. The molecule has 1 aromatic heterocycles. The maximum atomic E-state index is 12.1. The molecule has 1 unspecified atom stereocenters. The van der Waals surface area contributed by atoms with Gasteiger partial charge in [-0.2, -0.15) is 0 Å². The number of nitrogens with zero attached hydrogens (tertiary/aromatic N) is 3. The number of H-pyrrole nitrogens is 1. The molecule has 0 spiro atoms. The molecular weight excluding hydrogens is 216 g/mol. The lowest BCUT2D eigenvalue weighted by molar-refractivity contribution is 0.0769. The van der Waals surface area contributed by atoms with E-state index in [1.165, 1.54) is 25.9 Å². The molecule has 0 aromatic carbocycles. The maximum absolute atomic E-state index is 12.1. The van der Waals surface area contributed by atoms with Crippen LogP contribution in [-0.4, -0.2) is 57.9 Å². The molecular formula is C12H18N4O. The highest BCUT2D eigenvalue weighted by molar-refractivity contribution is 5.90. The largest absolute Gasteiger partial charge is 0.341 e. The van der Waals surface area contributed by atoms with Gasteiger partial charge in [-0.25, -0.2) is 4.98 Å². The lowest BCUT2D eigenvalue weighted by atomic mass is 10.2. The molecule has 2 aliphatic rings. The quantitative estimate of drug-likeness (QED) is 0.820. The summed E-state index contributed by atoms with van der Waals surface area (Å²) in [7, 11) is 0. The second-order valence-corrected chi connectivity index (χ2v) is 4.87. The first-order valence-electron chi connectivity index (χ1n) is 6.37. The molecule has 0 bridgehead atoms. The topological polar surface area (TPSA) is 52.2 Å². The van der Waals surface area contributed by atoms with E-state index in [2.05, 4.69) is 14.9 Å². The number of imidazole rings is 1. The van der Waals surface area contributed by atoms with Gasteiger partial charge in [-0.1, -0.05) is 0 Å². The van der Waals surface area contributed by atoms with Crippen LogP contribution in [0.2, 0.25) is 0 Å². The van der Waals surface area contributed by atoms with Crippen LogP contribution in [-0.2, 0) is 0 Å². The third kappa shape index (κ3) is 2.07. The van der Waals surface area contributed by atoms with Crippen LogP contribution in [0.5, 0.6) is 0 Å². The van der Waals surface area contributed by atoms with E-state index < -0.39 is 0 Å². The summed E-state index contributed by atoms with van der Waals surface area (Å²) in [6.45, 7) is 4.13. The molecule has 17 heavy (non-hydrogen) atoms. The first-order chi connectivity index (χ1) is 8.34. The zero-order valence-electron chi connectivity index (χ0n) is 9.93. The molecule has 92 valence electrons. The number of carbonyl (C=O) groups excluding carboxylic acids is 1. The molecule has 1 aromatic rings. The Hall–Kier alpha value is -1.36. The molecule has 3 heterocycles. The second-order valence-electron chi connectivity index (χ2n) is 4.87. The summed E-state index contributed by atoms with van der Waals surface area (Å²) < 4.78 is 0. The fourth-order valence-electron chi connectivity index (χ4n) is 2.86. The molecule has 2 aliphatic heterocycles. The molecule has 0 saturated carbocycles. The average Bonchev–Trinajstić information content (AvgIpc) is 3.09. The monoisotopic (exact) mass is 234 g/mol. The van der Waals surface area contributed by atoms with Crippen LogP contribution < -0.4 is 0 Å². The fourth-order valence-corrected chi connectivity index (χ4v) is 2.86. The van der Waals surface area contributed by atoms with Gasteiger partial charge in [-0.15, -0.1) is 0 Å². The second kappa shape index (κ2) is 4.49. The van der Waals surface area contributed by atoms with Gasteiger partial charge in [0.2, 0.25) is 0 Å². The van der Waals surface area contributed by atoms with Crippen LogP contribution in [0.25, 0.3) is 0 Å². The molecule has 2 saturated heterocycles. The van der Waals surface area contributed by atoms with E-state index in [4.69, 9.17) is 0 Å². The van der Waals surface area contributed by atoms with Gasteiger partial charge in [-0.05, 0) is 32.4 Å². The van der Waals surface area contributed by atoms with Gasteiger partial charge in [0.15, 0.2) is 5.82 Å². The maximum Gasteiger partial charge on any atom is 0.289 e. The SMILES string of the molecule is O=C(c1ncc[nH]1)N1CCC(N2CCCC2)C1. The van der Waals surface area contributed by atoms with E-state index in [1.807, 2.05) is 4.90 Å².